The molecule has 1 saturated carbocycles. The molecule has 3 nitrogen and oxygen atoms in total. The van der Waals surface area contributed by atoms with Gasteiger partial charge in [0.05, 0.1) is 15.7 Å². The highest BCUT2D eigenvalue weighted by Crippen LogP contribution is 2.34. The van der Waals surface area contributed by atoms with Crippen molar-refractivity contribution in [3.8, 4) is 0 Å². The molecule has 1 fully saturated rings. The Morgan fingerprint density at radius 1 is 1.26 bits per heavy atom. The van der Waals surface area contributed by atoms with Gasteiger partial charge in [-0.2, -0.15) is 0 Å². The van der Waals surface area contributed by atoms with E-state index in [1.54, 1.807) is 23.2 Å². The molecule has 1 aromatic carbocycles. The van der Waals surface area contributed by atoms with E-state index in [0.29, 0.717) is 33.2 Å². The van der Waals surface area contributed by atoms with Gasteiger partial charge in [0.2, 0.25) is 5.91 Å². The summed E-state index contributed by atoms with van der Waals surface area (Å²) in [5.41, 5.74) is 0.714. The van der Waals surface area contributed by atoms with Crippen LogP contribution in [0.3, 0.4) is 0 Å². The molecule has 0 spiro atoms. The van der Waals surface area contributed by atoms with Crippen LogP contribution in [0.15, 0.2) is 29.8 Å². The molecule has 23 heavy (non-hydrogen) atoms. The Bertz CT molecular complexity index is 669. The molecule has 0 atom stereocenters. The van der Waals surface area contributed by atoms with Crippen LogP contribution in [0, 0.1) is 5.92 Å². The summed E-state index contributed by atoms with van der Waals surface area (Å²) >= 11 is 13.5. The number of rotatable bonds is 5. The number of aromatic nitrogens is 1. The summed E-state index contributed by atoms with van der Waals surface area (Å²) in [6.45, 7) is 0. The molecule has 3 rings (SSSR count). The molecule has 0 saturated heterocycles. The molecule has 122 valence electrons. The van der Waals surface area contributed by atoms with Gasteiger partial charge < -0.3 is 0 Å². The quantitative estimate of drug-likeness (QED) is 0.639. The minimum atomic E-state index is 0.0604. The minimum Gasteiger partial charge on any atom is -0.274 e. The molecule has 6 heteroatoms. The van der Waals surface area contributed by atoms with Crippen molar-refractivity contribution < 1.29 is 4.79 Å². The zero-order valence-electron chi connectivity index (χ0n) is 12.7. The van der Waals surface area contributed by atoms with Crippen LogP contribution in [0.4, 0.5) is 10.8 Å². The van der Waals surface area contributed by atoms with Gasteiger partial charge in [0.15, 0.2) is 5.13 Å². The summed E-state index contributed by atoms with van der Waals surface area (Å²) in [5.74, 6) is 0.746. The van der Waals surface area contributed by atoms with Crippen LogP contribution in [0.25, 0.3) is 0 Å². The van der Waals surface area contributed by atoms with Crippen LogP contribution in [-0.2, 0) is 4.79 Å². The number of thiazole rings is 1. The van der Waals surface area contributed by atoms with Crippen LogP contribution < -0.4 is 4.90 Å². The van der Waals surface area contributed by atoms with Gasteiger partial charge in [0.25, 0.3) is 0 Å². The topological polar surface area (TPSA) is 33.2 Å². The van der Waals surface area contributed by atoms with Crippen molar-refractivity contribution in [2.75, 3.05) is 4.90 Å². The van der Waals surface area contributed by atoms with E-state index in [0.717, 1.165) is 6.42 Å². The first-order valence-corrected chi connectivity index (χ1v) is 9.46. The first-order valence-electron chi connectivity index (χ1n) is 7.82. The molecular weight excluding hydrogens is 351 g/mol. The van der Waals surface area contributed by atoms with Gasteiger partial charge in [-0.1, -0.05) is 48.9 Å². The fraction of sp³-hybridized carbons (Fsp3) is 0.412. The number of halogens is 2. The van der Waals surface area contributed by atoms with Crippen molar-refractivity contribution in [3.05, 3.63) is 39.8 Å². The van der Waals surface area contributed by atoms with E-state index in [-0.39, 0.29) is 5.91 Å². The lowest BCUT2D eigenvalue weighted by Gasteiger charge is -2.21. The number of carbonyl (C=O) groups is 1. The van der Waals surface area contributed by atoms with Crippen LogP contribution in [-0.4, -0.2) is 10.9 Å². The molecule has 0 unspecified atom stereocenters. The number of hydrogen-bond donors (Lipinski definition) is 0. The molecule has 0 radical (unpaired) electrons. The van der Waals surface area contributed by atoms with E-state index < -0.39 is 0 Å². The van der Waals surface area contributed by atoms with Gasteiger partial charge >= 0.3 is 0 Å². The predicted octanol–water partition coefficient (Wildman–Crippen LogP) is 6.09. The highest BCUT2D eigenvalue weighted by Gasteiger charge is 2.23. The van der Waals surface area contributed by atoms with Crippen molar-refractivity contribution in [1.29, 1.82) is 0 Å². The number of carbonyl (C=O) groups excluding carboxylic acids is 1. The summed E-state index contributed by atoms with van der Waals surface area (Å²) < 4.78 is 0. The number of anilines is 2. The summed E-state index contributed by atoms with van der Waals surface area (Å²) in [6.07, 6.45) is 8.26. The Morgan fingerprint density at radius 3 is 2.70 bits per heavy atom. The fourth-order valence-corrected chi connectivity index (χ4v) is 4.02. The molecule has 1 amide bonds. The molecule has 0 aliphatic heterocycles. The average Bonchev–Trinajstić information content (AvgIpc) is 3.22. The molecule has 1 aliphatic carbocycles. The summed E-state index contributed by atoms with van der Waals surface area (Å²) in [7, 11) is 0. The Kier molecular flexibility index (Phi) is 5.57. The third-order valence-electron chi connectivity index (χ3n) is 4.26. The number of nitrogens with zero attached hydrogens (tertiary/aromatic N) is 2. The van der Waals surface area contributed by atoms with E-state index in [4.69, 9.17) is 23.2 Å². The SMILES string of the molecule is O=C(CCC1CCCC1)N(c1ccc(Cl)c(Cl)c1)c1nccs1. The van der Waals surface area contributed by atoms with Crippen LogP contribution in [0.1, 0.15) is 38.5 Å². The standard InChI is InChI=1S/C17H18Cl2N2OS/c18-14-7-6-13(11-15(14)19)21(17-20-9-10-23-17)16(22)8-5-12-3-1-2-4-12/h6-7,9-12H,1-5,8H2. The molecule has 1 aromatic heterocycles. The third-order valence-corrected chi connectivity index (χ3v) is 5.76. The van der Waals surface area contributed by atoms with Crippen LogP contribution in [0.2, 0.25) is 10.0 Å². The molecule has 2 aromatic rings. The lowest BCUT2D eigenvalue weighted by Crippen LogP contribution is -2.26. The maximum absolute atomic E-state index is 12.8. The van der Waals surface area contributed by atoms with Crippen molar-refractivity contribution in [3.63, 3.8) is 0 Å². The van der Waals surface area contributed by atoms with E-state index in [2.05, 4.69) is 4.98 Å². The smallest absolute Gasteiger partial charge is 0.233 e. The first-order chi connectivity index (χ1) is 11.1. The second-order valence-electron chi connectivity index (χ2n) is 5.83. The highest BCUT2D eigenvalue weighted by molar-refractivity contribution is 7.13. The van der Waals surface area contributed by atoms with E-state index >= 15 is 0 Å². The Hall–Kier alpha value is -1.10. The van der Waals surface area contributed by atoms with Gasteiger partial charge in [0, 0.05) is 18.0 Å². The van der Waals surface area contributed by atoms with E-state index in [1.165, 1.54) is 37.0 Å². The minimum absolute atomic E-state index is 0.0604. The highest BCUT2D eigenvalue weighted by atomic mass is 35.5. The van der Waals surface area contributed by atoms with E-state index in [1.807, 2.05) is 11.4 Å². The number of hydrogen-bond acceptors (Lipinski definition) is 3. The molecule has 1 aliphatic rings. The zero-order chi connectivity index (χ0) is 16.2. The van der Waals surface area contributed by atoms with Crippen LogP contribution in [0.5, 0.6) is 0 Å². The molecule has 0 N–H and O–H groups in total. The normalized spacial score (nSPS) is 15.0. The summed E-state index contributed by atoms with van der Waals surface area (Å²) in [5, 5.41) is 3.45. The van der Waals surface area contributed by atoms with Gasteiger partial charge in [-0.25, -0.2) is 4.98 Å². The molecule has 1 heterocycles. The summed E-state index contributed by atoms with van der Waals surface area (Å²) in [4.78, 5) is 18.8. The zero-order valence-corrected chi connectivity index (χ0v) is 15.0. The molecule has 0 bridgehead atoms. The second kappa shape index (κ2) is 7.65. The monoisotopic (exact) mass is 368 g/mol. The number of benzene rings is 1. The average molecular weight is 369 g/mol. The molecular formula is C17H18Cl2N2OS. The maximum atomic E-state index is 12.8. The van der Waals surface area contributed by atoms with Crippen molar-refractivity contribution in [2.24, 2.45) is 5.92 Å². The van der Waals surface area contributed by atoms with Gasteiger partial charge in [0.1, 0.15) is 0 Å². The first kappa shape index (κ1) is 16.7. The van der Waals surface area contributed by atoms with Crippen LogP contribution >= 0.6 is 34.5 Å². The van der Waals surface area contributed by atoms with Gasteiger partial charge in [-0.3, -0.25) is 9.69 Å². The van der Waals surface area contributed by atoms with Gasteiger partial charge in [-0.05, 0) is 30.5 Å². The largest absolute Gasteiger partial charge is 0.274 e. The van der Waals surface area contributed by atoms with E-state index in [9.17, 15) is 4.79 Å². The summed E-state index contributed by atoms with van der Waals surface area (Å²) in [6, 6.07) is 5.24. The van der Waals surface area contributed by atoms with Crippen molar-refractivity contribution in [2.45, 2.75) is 38.5 Å². The number of amides is 1. The fourth-order valence-electron chi connectivity index (χ4n) is 3.05. The predicted molar refractivity (Wildman–Crippen MR) is 96.9 cm³/mol. The van der Waals surface area contributed by atoms with Crippen molar-refractivity contribution in [1.82, 2.24) is 4.98 Å². The Morgan fingerprint density at radius 2 is 2.04 bits per heavy atom. The maximum Gasteiger partial charge on any atom is 0.233 e. The lowest BCUT2D eigenvalue weighted by atomic mass is 10.0. The third kappa shape index (κ3) is 4.06. The Labute approximate surface area is 150 Å². The second-order valence-corrected chi connectivity index (χ2v) is 7.52. The van der Waals surface area contributed by atoms with Crippen molar-refractivity contribution >= 4 is 51.3 Å². The Balaban J connectivity index is 1.80. The lowest BCUT2D eigenvalue weighted by molar-refractivity contribution is -0.118. The van der Waals surface area contributed by atoms with Gasteiger partial charge in [-0.15, -0.1) is 11.3 Å².